The van der Waals surface area contributed by atoms with Crippen molar-refractivity contribution in [2.45, 2.75) is 40.8 Å². The number of hydrogen-bond donors (Lipinski definition) is 0. The number of ether oxygens (including phenoxy) is 2. The highest BCUT2D eigenvalue weighted by Crippen LogP contribution is 2.46. The van der Waals surface area contributed by atoms with E-state index < -0.39 is 6.97 Å². The molecule has 0 atom stereocenters. The molecule has 54 heavy (non-hydrogen) atoms. The van der Waals surface area contributed by atoms with E-state index in [0.717, 1.165) is 59.4 Å². The normalized spacial score (nSPS) is 14.6. The summed E-state index contributed by atoms with van der Waals surface area (Å²) in [6.07, 6.45) is 1.86. The predicted octanol–water partition coefficient (Wildman–Crippen LogP) is 9.39. The smallest absolute Gasteiger partial charge is 0.497 e. The first-order valence-electron chi connectivity index (χ1n) is 18.9. The molecule has 3 heterocycles. The number of halogens is 2. The quantitative estimate of drug-likeness (QED) is 0.107. The molecule has 0 fully saturated rings. The standard InChI is InChI=1S/C44H48BF2N5O2/c1-7-49(8-2)29-31-11-15-33(16-12-31)39-27-41(35-19-23-37(53-5)24-20-35)51-43(39)48-44-40(34-17-13-32(14-18-34)30-50(9-3)10-4)28-42(52(44)45(51,46)47)36-21-25-38(54-6)26-22-36/h11-28H,7-10,29-30H2,1-6H3. The van der Waals surface area contributed by atoms with Gasteiger partial charge in [0.25, 0.3) is 5.84 Å². The maximum absolute atomic E-state index is 17.9. The van der Waals surface area contributed by atoms with Crippen LogP contribution >= 0.6 is 0 Å². The molecule has 7 nitrogen and oxygen atoms in total. The Morgan fingerprint density at radius 1 is 0.630 bits per heavy atom. The van der Waals surface area contributed by atoms with Gasteiger partial charge in [0, 0.05) is 29.9 Å². The van der Waals surface area contributed by atoms with Gasteiger partial charge in [-0.3, -0.25) is 9.80 Å². The van der Waals surface area contributed by atoms with Crippen LogP contribution in [0.2, 0.25) is 0 Å². The minimum Gasteiger partial charge on any atom is -0.497 e. The van der Waals surface area contributed by atoms with Crippen LogP contribution in [-0.4, -0.2) is 77.7 Å². The van der Waals surface area contributed by atoms with Crippen molar-refractivity contribution in [3.8, 4) is 33.9 Å². The Labute approximate surface area is 317 Å². The molecule has 0 saturated heterocycles. The second kappa shape index (κ2) is 15.6. The topological polar surface area (TPSA) is 45.2 Å². The lowest BCUT2D eigenvalue weighted by molar-refractivity contribution is -0.291. The largest absolute Gasteiger partial charge is 0.642 e. The zero-order chi connectivity index (χ0) is 38.0. The van der Waals surface area contributed by atoms with E-state index in [1.165, 1.54) is 11.1 Å². The maximum Gasteiger partial charge on any atom is 0.642 e. The van der Waals surface area contributed by atoms with Crippen LogP contribution in [0.25, 0.3) is 28.0 Å². The van der Waals surface area contributed by atoms with Gasteiger partial charge in [0.2, 0.25) is 5.82 Å². The highest BCUT2D eigenvalue weighted by molar-refractivity contribution is 6.63. The summed E-state index contributed by atoms with van der Waals surface area (Å²) in [5, 5.41) is 0. The molecule has 2 aliphatic heterocycles. The summed E-state index contributed by atoms with van der Waals surface area (Å²) >= 11 is 0. The summed E-state index contributed by atoms with van der Waals surface area (Å²) in [5.41, 5.74) is 7.34. The lowest BCUT2D eigenvalue weighted by atomic mass is 9.90. The monoisotopic (exact) mass is 727 g/mol. The lowest BCUT2D eigenvalue weighted by Gasteiger charge is -2.32. The Morgan fingerprint density at radius 2 is 1.09 bits per heavy atom. The van der Waals surface area contributed by atoms with Crippen molar-refractivity contribution in [2.24, 2.45) is 4.99 Å². The minimum atomic E-state index is -4.46. The van der Waals surface area contributed by atoms with Crippen LogP contribution in [-0.2, 0) is 13.1 Å². The molecule has 7 rings (SSSR count). The molecule has 0 radical (unpaired) electrons. The van der Waals surface area contributed by atoms with Crippen molar-refractivity contribution >= 4 is 29.9 Å². The van der Waals surface area contributed by atoms with Gasteiger partial charge in [-0.15, -0.1) is 0 Å². The molecule has 10 heteroatoms. The summed E-state index contributed by atoms with van der Waals surface area (Å²) in [4.78, 5) is 9.91. The van der Waals surface area contributed by atoms with E-state index in [0.29, 0.717) is 45.2 Å². The van der Waals surface area contributed by atoms with Crippen LogP contribution in [0, 0.1) is 0 Å². The third kappa shape index (κ3) is 6.92. The van der Waals surface area contributed by atoms with Crippen molar-refractivity contribution in [3.05, 3.63) is 131 Å². The van der Waals surface area contributed by atoms with Crippen LogP contribution in [0.4, 0.5) is 14.4 Å². The van der Waals surface area contributed by atoms with E-state index in [9.17, 15) is 0 Å². The van der Waals surface area contributed by atoms with Gasteiger partial charge in [0.05, 0.1) is 25.5 Å². The van der Waals surface area contributed by atoms with Gasteiger partial charge in [-0.2, -0.15) is 0 Å². The minimum absolute atomic E-state index is 0.230. The van der Waals surface area contributed by atoms with Crippen LogP contribution < -0.4 is 9.47 Å². The Bertz CT molecular complexity index is 2200. The van der Waals surface area contributed by atoms with Gasteiger partial charge in [-0.1, -0.05) is 76.2 Å². The van der Waals surface area contributed by atoms with E-state index in [1.807, 2.05) is 60.7 Å². The third-order valence-corrected chi connectivity index (χ3v) is 10.8. The van der Waals surface area contributed by atoms with Crippen molar-refractivity contribution in [1.82, 2.24) is 14.3 Å². The highest BCUT2D eigenvalue weighted by Gasteiger charge is 2.53. The molecule has 0 spiro atoms. The molecule has 0 aliphatic carbocycles. The van der Waals surface area contributed by atoms with Crippen LogP contribution in [0.5, 0.6) is 11.5 Å². The number of aliphatic imine (C=N–C) groups is 1. The molecule has 0 saturated carbocycles. The van der Waals surface area contributed by atoms with Gasteiger partial charge >= 0.3 is 6.97 Å². The van der Waals surface area contributed by atoms with Crippen molar-refractivity contribution < 1.29 is 22.6 Å². The third-order valence-electron chi connectivity index (χ3n) is 10.8. The first-order valence-corrected chi connectivity index (χ1v) is 18.9. The van der Waals surface area contributed by atoms with Gasteiger partial charge in [0.1, 0.15) is 11.5 Å². The van der Waals surface area contributed by atoms with Gasteiger partial charge in [-0.25, -0.2) is 0 Å². The molecule has 2 aliphatic rings. The second-order valence-corrected chi connectivity index (χ2v) is 13.7. The molecule has 0 N–H and O–H groups in total. The van der Waals surface area contributed by atoms with Gasteiger partial charge in [0.15, 0.2) is 0 Å². The molecule has 278 valence electrons. The molecule has 0 amide bonds. The summed E-state index contributed by atoms with van der Waals surface area (Å²) in [7, 11) is 3.19. The zero-order valence-corrected chi connectivity index (χ0v) is 32.0. The van der Waals surface area contributed by atoms with Crippen LogP contribution in [0.15, 0.2) is 114 Å². The van der Waals surface area contributed by atoms with E-state index in [4.69, 9.17) is 14.5 Å². The predicted molar refractivity (Wildman–Crippen MR) is 217 cm³/mol. The number of nitrogens with zero attached hydrogens (tertiary/aromatic N) is 5. The highest BCUT2D eigenvalue weighted by atomic mass is 19.2. The fourth-order valence-corrected chi connectivity index (χ4v) is 7.49. The Morgan fingerprint density at radius 3 is 1.57 bits per heavy atom. The number of aromatic nitrogens is 1. The van der Waals surface area contributed by atoms with Crippen molar-refractivity contribution in [1.29, 1.82) is 0 Å². The van der Waals surface area contributed by atoms with Crippen molar-refractivity contribution in [3.63, 3.8) is 0 Å². The first kappa shape index (κ1) is 37.0. The van der Waals surface area contributed by atoms with Gasteiger partial charge in [-0.05, 0) is 120 Å². The summed E-state index contributed by atoms with van der Waals surface area (Å²) < 4.78 is 48.9. The number of benzene rings is 4. The number of fused-ring (bicyclic) bond motifs is 2. The average molecular weight is 728 g/mol. The van der Waals surface area contributed by atoms with Crippen LogP contribution in [0.1, 0.15) is 49.9 Å². The number of hydrogen-bond acceptors (Lipinski definition) is 5. The Kier molecular flexibility index (Phi) is 10.7. The summed E-state index contributed by atoms with van der Waals surface area (Å²) in [6.45, 7) is 9.60. The second-order valence-electron chi connectivity index (χ2n) is 13.7. The Hall–Kier alpha value is -5.32. The number of amidine groups is 1. The summed E-state index contributed by atoms with van der Waals surface area (Å²) in [6, 6.07) is 32.8. The molecule has 0 bridgehead atoms. The number of rotatable bonds is 14. The zero-order valence-electron chi connectivity index (χ0n) is 32.0. The molecule has 4 aromatic carbocycles. The van der Waals surface area contributed by atoms with E-state index in [-0.39, 0.29) is 11.7 Å². The SMILES string of the molecule is CCN(CC)Cc1ccc(C2=CC(c3ccc(OC)cc3)=[N+]3C2=Nc2c(-c4ccc(CN(CC)CC)cc4)cc(-c4ccc(OC)cc4)n2[B-]3(F)F)cc1. The number of allylic oxidation sites excluding steroid dienone is 1. The van der Waals surface area contributed by atoms with Crippen molar-refractivity contribution in [2.75, 3.05) is 40.4 Å². The fourth-order valence-electron chi connectivity index (χ4n) is 7.49. The molecular weight excluding hydrogens is 679 g/mol. The molecule has 1 aromatic heterocycles. The first-order chi connectivity index (χ1) is 26.2. The lowest BCUT2D eigenvalue weighted by Crippen LogP contribution is -2.53. The number of methoxy groups -OCH3 is 2. The van der Waals surface area contributed by atoms with Gasteiger partial charge < -0.3 is 27.1 Å². The van der Waals surface area contributed by atoms with E-state index >= 15 is 8.63 Å². The molecule has 5 aromatic rings. The fraction of sp³-hybridized carbons (Fsp3) is 0.273. The molecular formula is C44H48BF2N5O2. The average Bonchev–Trinajstić information content (AvgIpc) is 3.80. The molecule has 0 unspecified atom stereocenters. The van der Waals surface area contributed by atoms with E-state index in [2.05, 4.69) is 61.8 Å². The summed E-state index contributed by atoms with van der Waals surface area (Å²) in [5.74, 6) is 1.76. The maximum atomic E-state index is 17.9. The Balaban J connectivity index is 1.43. The van der Waals surface area contributed by atoms with Crippen LogP contribution in [0.3, 0.4) is 0 Å². The van der Waals surface area contributed by atoms with E-state index in [1.54, 1.807) is 38.5 Å².